The Hall–Kier alpha value is -3.70. The summed E-state index contributed by atoms with van der Waals surface area (Å²) in [5.41, 5.74) is 2.63. The number of fused-ring (bicyclic) bond motifs is 1. The molecule has 0 amide bonds. The lowest BCUT2D eigenvalue weighted by Gasteiger charge is -2.22. The van der Waals surface area contributed by atoms with Gasteiger partial charge < -0.3 is 24.9 Å². The molecule has 0 bridgehead atoms. The van der Waals surface area contributed by atoms with Crippen molar-refractivity contribution in [3.8, 4) is 23.1 Å². The number of imidazole rings is 1. The van der Waals surface area contributed by atoms with Gasteiger partial charge in [-0.3, -0.25) is 0 Å². The number of benzene rings is 1. The molecule has 168 valence electrons. The first-order valence-corrected chi connectivity index (χ1v) is 11.3. The van der Waals surface area contributed by atoms with Gasteiger partial charge in [-0.15, -0.1) is 0 Å². The van der Waals surface area contributed by atoms with Crippen LogP contribution in [0.2, 0.25) is 0 Å². The maximum atomic E-state index is 8.00. The van der Waals surface area contributed by atoms with Crippen LogP contribution in [0.4, 0.5) is 11.6 Å². The zero-order valence-corrected chi connectivity index (χ0v) is 18.9. The summed E-state index contributed by atoms with van der Waals surface area (Å²) in [6.07, 6.45) is 3.30. The Labute approximate surface area is 193 Å². The van der Waals surface area contributed by atoms with E-state index >= 15 is 0 Å². The number of aryl methyl sites for hydroxylation is 1. The lowest BCUT2D eigenvalue weighted by atomic mass is 10.0. The van der Waals surface area contributed by atoms with Gasteiger partial charge in [-0.1, -0.05) is 30.3 Å². The van der Waals surface area contributed by atoms with Gasteiger partial charge in [0.1, 0.15) is 11.6 Å². The average Bonchev–Trinajstić information content (AvgIpc) is 3.53. The molecule has 0 saturated carbocycles. The molecule has 5 rings (SSSR count). The summed E-state index contributed by atoms with van der Waals surface area (Å²) in [5.74, 6) is 9.74. The van der Waals surface area contributed by atoms with Gasteiger partial charge >= 0.3 is 0 Å². The fourth-order valence-corrected chi connectivity index (χ4v) is 4.49. The molecule has 0 radical (unpaired) electrons. The van der Waals surface area contributed by atoms with Crippen LogP contribution in [0.3, 0.4) is 0 Å². The molecule has 2 aliphatic rings. The van der Waals surface area contributed by atoms with E-state index < -0.39 is 0 Å². The van der Waals surface area contributed by atoms with E-state index in [-0.39, 0.29) is 0 Å². The van der Waals surface area contributed by atoms with Gasteiger partial charge in [-0.2, -0.15) is 0 Å². The Balaban J connectivity index is 1.49. The molecule has 0 unspecified atom stereocenters. The molecule has 2 aliphatic heterocycles. The monoisotopic (exact) mass is 441 g/mol. The second-order valence-corrected chi connectivity index (χ2v) is 8.45. The standard InChI is InChI=1S/C25H27N7O/c1-3-27-24-20(11-26)25(32-12-18-15-33-16-19(18)13-32)30-22(29-24)9-10-23-28-21(14-31(23)2)17-7-5-4-6-8-17/h4-8,11,14,18-19,26H,3,12-13,15-16H2,1-2H3,(H,27,29,30)/t18-,19+. The van der Waals surface area contributed by atoms with Crippen molar-refractivity contribution in [1.82, 2.24) is 19.5 Å². The van der Waals surface area contributed by atoms with Gasteiger partial charge in [0.25, 0.3) is 0 Å². The number of aromatic nitrogens is 4. The summed E-state index contributed by atoms with van der Waals surface area (Å²) in [5, 5.41) is 11.3. The van der Waals surface area contributed by atoms with Crippen LogP contribution in [-0.4, -0.2) is 58.6 Å². The third-order valence-corrected chi connectivity index (χ3v) is 6.19. The van der Waals surface area contributed by atoms with Crippen LogP contribution in [0.1, 0.15) is 24.1 Å². The minimum absolute atomic E-state index is 0.420. The third kappa shape index (κ3) is 4.20. The van der Waals surface area contributed by atoms with E-state index in [9.17, 15) is 0 Å². The molecule has 1 aromatic carbocycles. The first kappa shape index (κ1) is 21.2. The van der Waals surface area contributed by atoms with Crippen molar-refractivity contribution >= 4 is 17.9 Å². The molecule has 0 aliphatic carbocycles. The first-order chi connectivity index (χ1) is 16.2. The third-order valence-electron chi connectivity index (χ3n) is 6.19. The number of ether oxygens (including phenoxy) is 1. The lowest BCUT2D eigenvalue weighted by molar-refractivity contribution is 0.177. The molecule has 3 aromatic rings. The van der Waals surface area contributed by atoms with Crippen molar-refractivity contribution in [2.24, 2.45) is 18.9 Å². The zero-order chi connectivity index (χ0) is 22.8. The lowest BCUT2D eigenvalue weighted by Crippen LogP contribution is -2.26. The molecule has 2 atom stereocenters. The second-order valence-electron chi connectivity index (χ2n) is 8.45. The highest BCUT2D eigenvalue weighted by molar-refractivity contribution is 5.91. The van der Waals surface area contributed by atoms with Gasteiger partial charge in [0.05, 0.1) is 24.5 Å². The molecule has 2 fully saturated rings. The van der Waals surface area contributed by atoms with E-state index in [4.69, 9.17) is 15.1 Å². The number of nitrogens with one attached hydrogen (secondary N) is 2. The molecular weight excluding hydrogens is 414 g/mol. The van der Waals surface area contributed by atoms with Crippen LogP contribution < -0.4 is 10.2 Å². The van der Waals surface area contributed by atoms with E-state index in [0.29, 0.717) is 41.4 Å². The van der Waals surface area contributed by atoms with Crippen LogP contribution in [-0.2, 0) is 11.8 Å². The van der Waals surface area contributed by atoms with E-state index in [1.165, 1.54) is 6.21 Å². The van der Waals surface area contributed by atoms with E-state index in [0.717, 1.165) is 43.4 Å². The highest BCUT2D eigenvalue weighted by Gasteiger charge is 2.38. The highest BCUT2D eigenvalue weighted by atomic mass is 16.5. The second kappa shape index (κ2) is 9.04. The Morgan fingerprint density at radius 2 is 1.88 bits per heavy atom. The number of anilines is 2. The van der Waals surface area contributed by atoms with Crippen LogP contribution in [0, 0.1) is 29.1 Å². The van der Waals surface area contributed by atoms with Crippen molar-refractivity contribution in [2.75, 3.05) is 43.1 Å². The Morgan fingerprint density at radius 1 is 1.12 bits per heavy atom. The summed E-state index contributed by atoms with van der Waals surface area (Å²) in [4.78, 5) is 16.3. The van der Waals surface area contributed by atoms with Gasteiger partial charge in [0, 0.05) is 56.5 Å². The molecular formula is C25H27N7O. The summed E-state index contributed by atoms with van der Waals surface area (Å²) < 4.78 is 7.53. The summed E-state index contributed by atoms with van der Waals surface area (Å²) in [6.45, 7) is 6.05. The zero-order valence-electron chi connectivity index (χ0n) is 18.9. The molecule has 8 heteroatoms. The molecule has 2 aromatic heterocycles. The van der Waals surface area contributed by atoms with Crippen LogP contribution in [0.5, 0.6) is 0 Å². The quantitative estimate of drug-likeness (QED) is 0.467. The fourth-order valence-electron chi connectivity index (χ4n) is 4.49. The number of nitrogens with zero attached hydrogens (tertiary/aromatic N) is 5. The first-order valence-electron chi connectivity index (χ1n) is 11.3. The fraction of sp³-hybridized carbons (Fsp3) is 0.360. The molecule has 33 heavy (non-hydrogen) atoms. The van der Waals surface area contributed by atoms with Crippen LogP contribution in [0.15, 0.2) is 36.5 Å². The number of hydrogen-bond donors (Lipinski definition) is 2. The van der Waals surface area contributed by atoms with E-state index in [1.807, 2.05) is 55.1 Å². The maximum Gasteiger partial charge on any atom is 0.209 e. The van der Waals surface area contributed by atoms with Gasteiger partial charge in [0.15, 0.2) is 5.82 Å². The van der Waals surface area contributed by atoms with Gasteiger partial charge in [-0.25, -0.2) is 15.0 Å². The van der Waals surface area contributed by atoms with Crippen molar-refractivity contribution in [3.05, 3.63) is 53.7 Å². The molecule has 2 N–H and O–H groups in total. The van der Waals surface area contributed by atoms with Crippen molar-refractivity contribution in [3.63, 3.8) is 0 Å². The summed E-state index contributed by atoms with van der Waals surface area (Å²) >= 11 is 0. The van der Waals surface area contributed by atoms with Gasteiger partial charge in [0.2, 0.25) is 5.82 Å². The van der Waals surface area contributed by atoms with Crippen molar-refractivity contribution in [2.45, 2.75) is 6.92 Å². The predicted octanol–water partition coefficient (Wildman–Crippen LogP) is 2.79. The van der Waals surface area contributed by atoms with Crippen molar-refractivity contribution < 1.29 is 4.74 Å². The summed E-state index contributed by atoms with van der Waals surface area (Å²) in [7, 11) is 1.93. The van der Waals surface area contributed by atoms with Crippen molar-refractivity contribution in [1.29, 1.82) is 5.41 Å². The van der Waals surface area contributed by atoms with E-state index in [1.54, 1.807) is 0 Å². The van der Waals surface area contributed by atoms with Crippen LogP contribution >= 0.6 is 0 Å². The van der Waals surface area contributed by atoms with Crippen LogP contribution in [0.25, 0.3) is 11.3 Å². The van der Waals surface area contributed by atoms with Gasteiger partial charge in [-0.05, 0) is 18.8 Å². The average molecular weight is 442 g/mol. The molecule has 0 spiro atoms. The smallest absolute Gasteiger partial charge is 0.209 e. The molecule has 8 nitrogen and oxygen atoms in total. The SMILES string of the molecule is CCNc1nc(C#Cc2nc(-c3ccccc3)cn2C)nc(N2C[C@H]3COC[C@H]3C2)c1C=N. The maximum absolute atomic E-state index is 8.00. The minimum Gasteiger partial charge on any atom is -0.381 e. The highest BCUT2D eigenvalue weighted by Crippen LogP contribution is 2.34. The van der Waals surface area contributed by atoms with E-state index in [2.05, 4.69) is 32.0 Å². The largest absolute Gasteiger partial charge is 0.381 e. The number of rotatable bonds is 5. The Kier molecular flexibility index (Phi) is 5.80. The normalized spacial score (nSPS) is 19.2. The number of hydrogen-bond acceptors (Lipinski definition) is 7. The topological polar surface area (TPSA) is 92.0 Å². The predicted molar refractivity (Wildman–Crippen MR) is 129 cm³/mol. The molecule has 2 saturated heterocycles. The Morgan fingerprint density at radius 3 is 2.58 bits per heavy atom. The molecule has 4 heterocycles. The minimum atomic E-state index is 0.420. The Bertz CT molecular complexity index is 1210. The summed E-state index contributed by atoms with van der Waals surface area (Å²) in [6, 6.07) is 10.0.